The van der Waals surface area contributed by atoms with Crippen molar-refractivity contribution in [3.05, 3.63) is 47.3 Å². The number of morpholine rings is 1. The van der Waals surface area contributed by atoms with Crippen LogP contribution in [-0.4, -0.2) is 50.3 Å². The number of aromatic nitrogens is 1. The van der Waals surface area contributed by atoms with Crippen LogP contribution in [0, 0.1) is 13.8 Å². The highest BCUT2D eigenvalue weighted by Crippen LogP contribution is 2.31. The molecule has 3 atom stereocenters. The number of benzene rings is 1. The summed E-state index contributed by atoms with van der Waals surface area (Å²) in [4.78, 5) is 2.47. The van der Waals surface area contributed by atoms with Crippen molar-refractivity contribution in [3.8, 4) is 0 Å². The van der Waals surface area contributed by atoms with Gasteiger partial charge in [0.1, 0.15) is 10.6 Å². The Balaban J connectivity index is 1.44. The lowest BCUT2D eigenvalue weighted by molar-refractivity contribution is -0.0502. The zero-order chi connectivity index (χ0) is 18.3. The number of nitrogens with one attached hydrogen (secondary N) is 1. The van der Waals surface area contributed by atoms with E-state index in [4.69, 9.17) is 9.26 Å². The summed E-state index contributed by atoms with van der Waals surface area (Å²) < 4.78 is 39.3. The molecule has 1 aromatic heterocycles. The molecule has 0 bridgehead atoms. The first-order valence-electron chi connectivity index (χ1n) is 8.80. The largest absolute Gasteiger partial charge is 0.371 e. The van der Waals surface area contributed by atoms with Crippen molar-refractivity contribution in [1.29, 1.82) is 0 Å². The monoisotopic (exact) mass is 377 g/mol. The molecule has 0 saturated carbocycles. The maximum absolute atomic E-state index is 12.7. The fourth-order valence-electron chi connectivity index (χ4n) is 3.97. The topological polar surface area (TPSA) is 84.7 Å². The van der Waals surface area contributed by atoms with Crippen LogP contribution in [0.15, 0.2) is 39.8 Å². The maximum atomic E-state index is 12.7. The van der Waals surface area contributed by atoms with E-state index in [0.717, 1.165) is 18.5 Å². The molecule has 1 N–H and O–H groups in total. The van der Waals surface area contributed by atoms with E-state index in [0.29, 0.717) is 24.6 Å². The van der Waals surface area contributed by atoms with Crippen molar-refractivity contribution < 1.29 is 17.7 Å². The van der Waals surface area contributed by atoms with Crippen LogP contribution in [0.3, 0.4) is 0 Å². The Morgan fingerprint density at radius 1 is 1.19 bits per heavy atom. The van der Waals surface area contributed by atoms with Crippen LogP contribution < -0.4 is 4.72 Å². The van der Waals surface area contributed by atoms with Crippen molar-refractivity contribution in [2.75, 3.05) is 19.7 Å². The predicted octanol–water partition coefficient (Wildman–Crippen LogP) is 1.78. The first-order valence-corrected chi connectivity index (χ1v) is 10.3. The number of rotatable bonds is 4. The second-order valence-electron chi connectivity index (χ2n) is 7.05. The smallest absolute Gasteiger partial charge is 0.246 e. The SMILES string of the molecule is Cc1noc(C)c1S(=O)(=O)N[C@H]1C[C@H]2CO[C@@H](c3ccccc3)CN2C1. The number of aryl methyl sites for hydroxylation is 2. The van der Waals surface area contributed by atoms with Gasteiger partial charge in [0, 0.05) is 25.2 Å². The zero-order valence-corrected chi connectivity index (χ0v) is 15.7. The van der Waals surface area contributed by atoms with Crippen LogP contribution in [0.5, 0.6) is 0 Å². The molecule has 26 heavy (non-hydrogen) atoms. The lowest BCUT2D eigenvalue weighted by Crippen LogP contribution is -2.43. The van der Waals surface area contributed by atoms with E-state index in [1.165, 1.54) is 0 Å². The second-order valence-corrected chi connectivity index (χ2v) is 8.70. The Kier molecular flexibility index (Phi) is 4.60. The van der Waals surface area contributed by atoms with Crippen LogP contribution in [0.25, 0.3) is 0 Å². The van der Waals surface area contributed by atoms with Crippen molar-refractivity contribution in [2.45, 2.75) is 43.4 Å². The fourth-order valence-corrected chi connectivity index (χ4v) is 5.53. The molecule has 2 fully saturated rings. The Bertz CT molecular complexity index is 862. The number of hydrogen-bond acceptors (Lipinski definition) is 6. The third kappa shape index (κ3) is 3.29. The van der Waals surface area contributed by atoms with Crippen LogP contribution in [0.2, 0.25) is 0 Å². The summed E-state index contributed by atoms with van der Waals surface area (Å²) in [7, 11) is -3.64. The van der Waals surface area contributed by atoms with Gasteiger partial charge in [0.25, 0.3) is 0 Å². The highest BCUT2D eigenvalue weighted by molar-refractivity contribution is 7.89. The Hall–Kier alpha value is -1.74. The third-order valence-corrected chi connectivity index (χ3v) is 6.91. The molecular formula is C18H23N3O4S. The molecule has 7 nitrogen and oxygen atoms in total. The molecule has 2 saturated heterocycles. The molecule has 0 aliphatic carbocycles. The van der Waals surface area contributed by atoms with Gasteiger partial charge in [-0.05, 0) is 25.8 Å². The number of nitrogens with zero attached hydrogens (tertiary/aromatic N) is 2. The van der Waals surface area contributed by atoms with E-state index in [1.54, 1.807) is 13.8 Å². The van der Waals surface area contributed by atoms with Crippen LogP contribution in [0.4, 0.5) is 0 Å². The van der Waals surface area contributed by atoms with Crippen molar-refractivity contribution >= 4 is 10.0 Å². The third-order valence-electron chi connectivity index (χ3n) is 5.15. The van der Waals surface area contributed by atoms with Gasteiger partial charge in [0.05, 0.1) is 12.7 Å². The lowest BCUT2D eigenvalue weighted by Gasteiger charge is -2.35. The van der Waals surface area contributed by atoms with Gasteiger partial charge in [0.2, 0.25) is 10.0 Å². The van der Waals surface area contributed by atoms with Gasteiger partial charge in [-0.25, -0.2) is 13.1 Å². The highest BCUT2D eigenvalue weighted by atomic mass is 32.2. The van der Waals surface area contributed by atoms with Crippen LogP contribution >= 0.6 is 0 Å². The zero-order valence-electron chi connectivity index (χ0n) is 14.9. The number of sulfonamides is 1. The number of ether oxygens (including phenoxy) is 1. The van der Waals surface area contributed by atoms with Gasteiger partial charge in [-0.1, -0.05) is 35.5 Å². The van der Waals surface area contributed by atoms with Gasteiger partial charge in [-0.2, -0.15) is 0 Å². The second kappa shape index (κ2) is 6.77. The van der Waals surface area contributed by atoms with Crippen molar-refractivity contribution in [1.82, 2.24) is 14.8 Å². The first-order chi connectivity index (χ1) is 12.4. The fraction of sp³-hybridized carbons (Fsp3) is 0.500. The van der Waals surface area contributed by atoms with E-state index >= 15 is 0 Å². The minimum atomic E-state index is -3.64. The van der Waals surface area contributed by atoms with Gasteiger partial charge >= 0.3 is 0 Å². The molecule has 0 radical (unpaired) electrons. The predicted molar refractivity (Wildman–Crippen MR) is 95.2 cm³/mol. The quantitative estimate of drug-likeness (QED) is 0.874. The van der Waals surface area contributed by atoms with Crippen LogP contribution in [-0.2, 0) is 14.8 Å². The van der Waals surface area contributed by atoms with Crippen LogP contribution in [0.1, 0.15) is 29.5 Å². The van der Waals surface area contributed by atoms with Gasteiger partial charge < -0.3 is 9.26 Å². The summed E-state index contributed by atoms with van der Waals surface area (Å²) in [5, 5.41) is 3.75. The van der Waals surface area contributed by atoms with E-state index < -0.39 is 10.0 Å². The minimum Gasteiger partial charge on any atom is -0.371 e. The minimum absolute atomic E-state index is 0.0327. The number of hydrogen-bond donors (Lipinski definition) is 1. The molecule has 8 heteroatoms. The van der Waals surface area contributed by atoms with E-state index in [9.17, 15) is 8.42 Å². The Labute approximate surface area is 153 Å². The average molecular weight is 377 g/mol. The van der Waals surface area contributed by atoms with Gasteiger partial charge in [-0.15, -0.1) is 0 Å². The maximum Gasteiger partial charge on any atom is 0.246 e. The summed E-state index contributed by atoms with van der Waals surface area (Å²) in [5.41, 5.74) is 1.55. The molecule has 2 aliphatic heterocycles. The lowest BCUT2D eigenvalue weighted by atomic mass is 10.1. The van der Waals surface area contributed by atoms with Crippen molar-refractivity contribution in [2.24, 2.45) is 0 Å². The van der Waals surface area contributed by atoms with E-state index in [1.807, 2.05) is 18.2 Å². The summed E-state index contributed by atoms with van der Waals surface area (Å²) in [6, 6.07) is 10.2. The molecule has 2 aliphatic rings. The molecule has 3 heterocycles. The normalized spacial score (nSPS) is 26.8. The summed E-state index contributed by atoms with van der Waals surface area (Å²) in [6.07, 6.45) is 0.773. The highest BCUT2D eigenvalue weighted by Gasteiger charge is 2.40. The van der Waals surface area contributed by atoms with E-state index in [2.05, 4.69) is 26.9 Å². The molecule has 1 aromatic carbocycles. The van der Waals surface area contributed by atoms with Gasteiger partial charge in [0.15, 0.2) is 5.76 Å². The molecule has 4 rings (SSSR count). The summed E-state index contributed by atoms with van der Waals surface area (Å²) in [6.45, 7) is 5.33. The standard InChI is InChI=1S/C18H23N3O4S/c1-12-18(13(2)25-19-12)26(22,23)20-15-8-16-11-24-17(10-21(16)9-15)14-6-4-3-5-7-14/h3-7,15-17,20H,8-11H2,1-2H3/t15-,16-,17+/m0/s1. The molecule has 0 unspecified atom stereocenters. The molecule has 0 spiro atoms. The Morgan fingerprint density at radius 2 is 1.96 bits per heavy atom. The Morgan fingerprint density at radius 3 is 2.65 bits per heavy atom. The van der Waals surface area contributed by atoms with Gasteiger partial charge in [-0.3, -0.25) is 4.90 Å². The van der Waals surface area contributed by atoms with Crippen molar-refractivity contribution in [3.63, 3.8) is 0 Å². The summed E-state index contributed by atoms with van der Waals surface area (Å²) >= 11 is 0. The van der Waals surface area contributed by atoms with E-state index in [-0.39, 0.29) is 23.1 Å². The summed E-state index contributed by atoms with van der Waals surface area (Å²) in [5.74, 6) is 0.318. The number of fused-ring (bicyclic) bond motifs is 1. The molecule has 2 aromatic rings. The molecular weight excluding hydrogens is 354 g/mol. The molecule has 140 valence electrons. The molecule has 0 amide bonds. The first kappa shape index (κ1) is 17.7. The average Bonchev–Trinajstić information content (AvgIpc) is 3.16.